The Morgan fingerprint density at radius 3 is 2.15 bits per heavy atom. The van der Waals surface area contributed by atoms with E-state index in [0.29, 0.717) is 5.92 Å². The van der Waals surface area contributed by atoms with Crippen LogP contribution in [-0.2, 0) is 4.79 Å². The van der Waals surface area contributed by atoms with Crippen LogP contribution in [0, 0.1) is 5.92 Å². The minimum absolute atomic E-state index is 0.0302. The van der Waals surface area contributed by atoms with Crippen molar-refractivity contribution >= 4 is 5.91 Å². The van der Waals surface area contributed by atoms with Crippen molar-refractivity contribution in [3.05, 3.63) is 60.8 Å². The van der Waals surface area contributed by atoms with Gasteiger partial charge in [-0.1, -0.05) is 68.5 Å². The molecule has 2 nitrogen and oxygen atoms in total. The number of nitrogens with one attached hydrogen (secondary N) is 1. The van der Waals surface area contributed by atoms with Crippen LogP contribution in [0.3, 0.4) is 0 Å². The van der Waals surface area contributed by atoms with Crippen molar-refractivity contribution in [2.24, 2.45) is 5.92 Å². The van der Waals surface area contributed by atoms with Crippen LogP contribution in [0.15, 0.2) is 60.8 Å². The van der Waals surface area contributed by atoms with E-state index in [1.807, 2.05) is 43.4 Å². The van der Waals surface area contributed by atoms with Crippen LogP contribution in [0.2, 0.25) is 0 Å². The Bertz CT molecular complexity index is 384. The van der Waals surface area contributed by atoms with E-state index in [1.54, 1.807) is 12.2 Å². The number of carbonyl (C=O) groups excluding carboxylic acids is 1. The van der Waals surface area contributed by atoms with Gasteiger partial charge in [-0.25, -0.2) is 0 Å². The average molecular weight is 273 g/mol. The number of hydrogen-bond acceptors (Lipinski definition) is 1. The third kappa shape index (κ3) is 14.2. The summed E-state index contributed by atoms with van der Waals surface area (Å²) in [4.78, 5) is 11.4. The van der Waals surface area contributed by atoms with Crippen molar-refractivity contribution in [2.45, 2.75) is 33.6 Å². The van der Waals surface area contributed by atoms with Crippen LogP contribution in [0.25, 0.3) is 0 Å². The zero-order valence-corrected chi connectivity index (χ0v) is 12.9. The van der Waals surface area contributed by atoms with Gasteiger partial charge in [0.2, 0.25) is 5.91 Å². The molecule has 110 valence electrons. The molecule has 1 amide bonds. The molecule has 0 heterocycles. The highest BCUT2D eigenvalue weighted by Crippen LogP contribution is 1.94. The molecule has 0 saturated carbocycles. The molecule has 0 radical (unpaired) electrons. The standard InChI is InChI=1S/C18H27NO/c1-4-5-6-7-8-9-10-11-12-13-14-15-18(20)19-16-17(2)3/h4-9,12-15,17H,10-11,16H2,1-3H3,(H,19,20). The smallest absolute Gasteiger partial charge is 0.243 e. The van der Waals surface area contributed by atoms with Crippen molar-refractivity contribution in [1.29, 1.82) is 0 Å². The second-order valence-electron chi connectivity index (χ2n) is 4.84. The molecule has 0 bridgehead atoms. The van der Waals surface area contributed by atoms with Crippen LogP contribution in [-0.4, -0.2) is 12.5 Å². The van der Waals surface area contributed by atoms with Gasteiger partial charge in [-0.2, -0.15) is 0 Å². The molecule has 0 atom stereocenters. The highest BCUT2D eigenvalue weighted by atomic mass is 16.1. The van der Waals surface area contributed by atoms with Crippen molar-refractivity contribution in [3.8, 4) is 0 Å². The number of carbonyl (C=O) groups is 1. The maximum absolute atomic E-state index is 11.4. The lowest BCUT2D eigenvalue weighted by molar-refractivity contribution is -0.116. The van der Waals surface area contributed by atoms with E-state index in [0.717, 1.165) is 19.4 Å². The molecule has 2 heteroatoms. The Balaban J connectivity index is 3.68. The van der Waals surface area contributed by atoms with Gasteiger partial charge in [0, 0.05) is 12.6 Å². The highest BCUT2D eigenvalue weighted by Gasteiger charge is 1.95. The van der Waals surface area contributed by atoms with Gasteiger partial charge in [-0.05, 0) is 25.7 Å². The summed E-state index contributed by atoms with van der Waals surface area (Å²) < 4.78 is 0. The Morgan fingerprint density at radius 2 is 1.55 bits per heavy atom. The molecule has 20 heavy (non-hydrogen) atoms. The molecule has 0 rings (SSSR count). The normalized spacial score (nSPS) is 13.0. The van der Waals surface area contributed by atoms with Gasteiger partial charge in [0.15, 0.2) is 0 Å². The number of amides is 1. The molecular weight excluding hydrogens is 246 g/mol. The predicted octanol–water partition coefficient (Wildman–Crippen LogP) is 4.34. The van der Waals surface area contributed by atoms with Crippen molar-refractivity contribution < 1.29 is 4.79 Å². The second-order valence-corrected chi connectivity index (χ2v) is 4.84. The van der Waals surface area contributed by atoms with E-state index in [-0.39, 0.29) is 5.91 Å². The molecule has 1 N–H and O–H groups in total. The van der Waals surface area contributed by atoms with Crippen molar-refractivity contribution in [3.63, 3.8) is 0 Å². The average Bonchev–Trinajstić information content (AvgIpc) is 2.42. The summed E-state index contributed by atoms with van der Waals surface area (Å²) in [6.45, 7) is 6.87. The minimum atomic E-state index is -0.0302. The molecule has 0 aliphatic heterocycles. The van der Waals surface area contributed by atoms with Gasteiger partial charge in [-0.15, -0.1) is 0 Å². The first kappa shape index (κ1) is 18.2. The molecule has 0 aliphatic carbocycles. The highest BCUT2D eigenvalue weighted by molar-refractivity contribution is 5.87. The number of rotatable bonds is 9. The molecule has 0 aromatic heterocycles. The summed E-state index contributed by atoms with van der Waals surface area (Å²) in [5, 5.41) is 2.83. The van der Waals surface area contributed by atoms with Crippen molar-refractivity contribution in [2.75, 3.05) is 6.54 Å². The quantitative estimate of drug-likeness (QED) is 0.378. The van der Waals surface area contributed by atoms with Crippen LogP contribution in [0.5, 0.6) is 0 Å². The fourth-order valence-corrected chi connectivity index (χ4v) is 1.29. The maximum Gasteiger partial charge on any atom is 0.243 e. The fraction of sp³-hybridized carbons (Fsp3) is 0.389. The summed E-state index contributed by atoms with van der Waals surface area (Å²) in [6.07, 6.45) is 21.5. The second kappa shape index (κ2) is 13.6. The molecule has 0 spiro atoms. The summed E-state index contributed by atoms with van der Waals surface area (Å²) in [5.74, 6) is 0.453. The third-order valence-corrected chi connectivity index (χ3v) is 2.34. The first-order chi connectivity index (χ1) is 9.66. The Kier molecular flexibility index (Phi) is 12.4. The monoisotopic (exact) mass is 273 g/mol. The topological polar surface area (TPSA) is 29.1 Å². The summed E-state index contributed by atoms with van der Waals surface area (Å²) >= 11 is 0. The van der Waals surface area contributed by atoms with E-state index in [2.05, 4.69) is 31.3 Å². The van der Waals surface area contributed by atoms with Gasteiger partial charge in [0.1, 0.15) is 0 Å². The van der Waals surface area contributed by atoms with Crippen LogP contribution < -0.4 is 5.32 Å². The summed E-state index contributed by atoms with van der Waals surface area (Å²) in [5.41, 5.74) is 0. The summed E-state index contributed by atoms with van der Waals surface area (Å²) in [6, 6.07) is 0. The lowest BCUT2D eigenvalue weighted by atomic mass is 10.2. The zero-order chi connectivity index (χ0) is 15.1. The van der Waals surface area contributed by atoms with Crippen LogP contribution >= 0.6 is 0 Å². The predicted molar refractivity (Wildman–Crippen MR) is 88.5 cm³/mol. The minimum Gasteiger partial charge on any atom is -0.352 e. The van der Waals surface area contributed by atoms with Gasteiger partial charge in [0.25, 0.3) is 0 Å². The first-order valence-electron chi connectivity index (χ1n) is 7.22. The molecule has 0 aromatic rings. The molecule has 0 fully saturated rings. The maximum atomic E-state index is 11.4. The lowest BCUT2D eigenvalue weighted by Gasteiger charge is -2.03. The van der Waals surface area contributed by atoms with Gasteiger partial charge in [-0.3, -0.25) is 4.79 Å². The molecular formula is C18H27NO. The Labute approximate surface area is 123 Å². The van der Waals surface area contributed by atoms with Crippen molar-refractivity contribution in [1.82, 2.24) is 5.32 Å². The molecule has 0 saturated heterocycles. The SMILES string of the molecule is CC=CC=CC=CCCC=CC=CC(=O)NCC(C)C. The number of allylic oxidation sites excluding steroid dienone is 9. The Hall–Kier alpha value is -1.83. The number of hydrogen-bond donors (Lipinski definition) is 1. The van der Waals surface area contributed by atoms with Gasteiger partial charge >= 0.3 is 0 Å². The van der Waals surface area contributed by atoms with E-state index >= 15 is 0 Å². The van der Waals surface area contributed by atoms with E-state index < -0.39 is 0 Å². The zero-order valence-electron chi connectivity index (χ0n) is 12.9. The largest absolute Gasteiger partial charge is 0.352 e. The Morgan fingerprint density at radius 1 is 0.950 bits per heavy atom. The van der Waals surface area contributed by atoms with Gasteiger partial charge < -0.3 is 5.32 Å². The van der Waals surface area contributed by atoms with E-state index in [4.69, 9.17) is 0 Å². The van der Waals surface area contributed by atoms with Crippen LogP contribution in [0.1, 0.15) is 33.6 Å². The molecule has 0 aliphatic rings. The van der Waals surface area contributed by atoms with E-state index in [1.165, 1.54) is 0 Å². The number of unbranched alkanes of at least 4 members (excludes halogenated alkanes) is 1. The third-order valence-electron chi connectivity index (χ3n) is 2.34. The van der Waals surface area contributed by atoms with E-state index in [9.17, 15) is 4.79 Å². The summed E-state index contributed by atoms with van der Waals surface area (Å²) in [7, 11) is 0. The van der Waals surface area contributed by atoms with Crippen LogP contribution in [0.4, 0.5) is 0 Å². The van der Waals surface area contributed by atoms with Gasteiger partial charge in [0.05, 0.1) is 0 Å². The molecule has 0 unspecified atom stereocenters. The lowest BCUT2D eigenvalue weighted by Crippen LogP contribution is -2.25. The molecule has 0 aromatic carbocycles. The fourth-order valence-electron chi connectivity index (χ4n) is 1.29. The first-order valence-corrected chi connectivity index (χ1v) is 7.22.